The van der Waals surface area contributed by atoms with Crippen LogP contribution >= 0.6 is 22.9 Å². The number of rotatable bonds is 4. The smallest absolute Gasteiger partial charge is 0.122 e. The summed E-state index contributed by atoms with van der Waals surface area (Å²) in [6, 6.07) is 3.91. The van der Waals surface area contributed by atoms with E-state index >= 15 is 0 Å². The zero-order valence-electron chi connectivity index (χ0n) is 6.92. The molecule has 1 atom stereocenters. The van der Waals surface area contributed by atoms with Crippen LogP contribution < -0.4 is 0 Å². The largest absolute Gasteiger partial charge is 0.303 e. The molecule has 0 amide bonds. The average Bonchev–Trinajstić information content (AvgIpc) is 2.47. The molecule has 1 heterocycles. The summed E-state index contributed by atoms with van der Waals surface area (Å²) < 4.78 is 0.823. The Hall–Kier alpha value is -0.340. The minimum Gasteiger partial charge on any atom is -0.303 e. The van der Waals surface area contributed by atoms with Crippen molar-refractivity contribution in [2.75, 3.05) is 0 Å². The van der Waals surface area contributed by atoms with Crippen molar-refractivity contribution in [3.8, 4) is 0 Å². The third-order valence-electron chi connectivity index (χ3n) is 1.71. The Kier molecular flexibility index (Phi) is 3.76. The minimum atomic E-state index is 0.158. The summed E-state index contributed by atoms with van der Waals surface area (Å²) in [4.78, 5) is 11.6. The zero-order chi connectivity index (χ0) is 8.97. The fourth-order valence-corrected chi connectivity index (χ4v) is 2.03. The molecule has 0 saturated carbocycles. The Morgan fingerprint density at radius 2 is 2.42 bits per heavy atom. The van der Waals surface area contributed by atoms with Gasteiger partial charge in [-0.1, -0.05) is 18.5 Å². The Morgan fingerprint density at radius 1 is 1.67 bits per heavy atom. The van der Waals surface area contributed by atoms with E-state index in [-0.39, 0.29) is 5.92 Å². The van der Waals surface area contributed by atoms with Crippen LogP contribution in [0.2, 0.25) is 4.34 Å². The summed E-state index contributed by atoms with van der Waals surface area (Å²) in [6.45, 7) is 1.93. The number of aldehydes is 1. The van der Waals surface area contributed by atoms with Crippen LogP contribution in [0.1, 0.15) is 18.2 Å². The Bertz CT molecular complexity index is 257. The molecule has 1 nitrogen and oxygen atoms in total. The Morgan fingerprint density at radius 3 is 2.92 bits per heavy atom. The van der Waals surface area contributed by atoms with Gasteiger partial charge in [-0.05, 0) is 25.0 Å². The molecule has 1 aromatic heterocycles. The molecule has 1 unspecified atom stereocenters. The van der Waals surface area contributed by atoms with Crippen LogP contribution in [-0.2, 0) is 11.2 Å². The van der Waals surface area contributed by atoms with E-state index < -0.39 is 0 Å². The van der Waals surface area contributed by atoms with E-state index in [4.69, 9.17) is 11.6 Å². The summed E-state index contributed by atoms with van der Waals surface area (Å²) in [7, 11) is 0. The molecule has 0 N–H and O–H groups in total. The first-order valence-electron chi connectivity index (χ1n) is 3.92. The van der Waals surface area contributed by atoms with Gasteiger partial charge in [-0.3, -0.25) is 0 Å². The maximum Gasteiger partial charge on any atom is 0.122 e. The highest BCUT2D eigenvalue weighted by molar-refractivity contribution is 7.16. The van der Waals surface area contributed by atoms with Crippen molar-refractivity contribution in [2.45, 2.75) is 19.8 Å². The highest BCUT2D eigenvalue weighted by atomic mass is 35.5. The van der Waals surface area contributed by atoms with Crippen LogP contribution in [0.25, 0.3) is 0 Å². The lowest BCUT2D eigenvalue weighted by atomic mass is 10.1. The number of carbonyl (C=O) groups is 1. The standard InChI is InChI=1S/C9H11ClOS/c1-7(6-11)2-3-8-4-5-9(10)12-8/h4-7H,2-3H2,1H3. The van der Waals surface area contributed by atoms with Gasteiger partial charge < -0.3 is 4.79 Å². The average molecular weight is 203 g/mol. The summed E-state index contributed by atoms with van der Waals surface area (Å²) in [6.07, 6.45) is 2.87. The molecule has 66 valence electrons. The number of carbonyl (C=O) groups excluding carboxylic acids is 1. The van der Waals surface area contributed by atoms with Gasteiger partial charge in [-0.25, -0.2) is 0 Å². The van der Waals surface area contributed by atoms with Gasteiger partial charge in [0.25, 0.3) is 0 Å². The first kappa shape index (κ1) is 9.75. The first-order valence-corrected chi connectivity index (χ1v) is 5.11. The van der Waals surface area contributed by atoms with Crippen LogP contribution in [0.4, 0.5) is 0 Å². The van der Waals surface area contributed by atoms with E-state index in [0.29, 0.717) is 0 Å². The predicted molar refractivity (Wildman–Crippen MR) is 52.9 cm³/mol. The van der Waals surface area contributed by atoms with Gasteiger partial charge in [0, 0.05) is 10.8 Å². The predicted octanol–water partition coefficient (Wildman–Crippen LogP) is 3.17. The van der Waals surface area contributed by atoms with Crippen molar-refractivity contribution in [1.29, 1.82) is 0 Å². The molecule has 0 aliphatic carbocycles. The van der Waals surface area contributed by atoms with Gasteiger partial charge >= 0.3 is 0 Å². The van der Waals surface area contributed by atoms with Crippen LogP contribution in [0.5, 0.6) is 0 Å². The SMILES string of the molecule is CC(C=O)CCc1ccc(Cl)s1. The molecular weight excluding hydrogens is 192 g/mol. The molecule has 0 fully saturated rings. The van der Waals surface area contributed by atoms with Crippen molar-refractivity contribution in [2.24, 2.45) is 5.92 Å². The molecule has 1 rings (SSSR count). The second-order valence-corrected chi connectivity index (χ2v) is 4.66. The van der Waals surface area contributed by atoms with Gasteiger partial charge in [0.2, 0.25) is 0 Å². The fraction of sp³-hybridized carbons (Fsp3) is 0.444. The van der Waals surface area contributed by atoms with E-state index in [1.54, 1.807) is 11.3 Å². The molecule has 0 bridgehead atoms. The number of aryl methyl sites for hydroxylation is 1. The van der Waals surface area contributed by atoms with Gasteiger partial charge in [-0.15, -0.1) is 11.3 Å². The summed E-state index contributed by atoms with van der Waals surface area (Å²) in [5, 5.41) is 0. The highest BCUT2D eigenvalue weighted by Crippen LogP contribution is 2.23. The number of hydrogen-bond acceptors (Lipinski definition) is 2. The number of thiophene rings is 1. The normalized spacial score (nSPS) is 12.8. The van der Waals surface area contributed by atoms with E-state index in [1.807, 2.05) is 19.1 Å². The minimum absolute atomic E-state index is 0.158. The quantitative estimate of drug-likeness (QED) is 0.686. The first-order chi connectivity index (χ1) is 5.72. The second kappa shape index (κ2) is 4.63. The van der Waals surface area contributed by atoms with Crippen molar-refractivity contribution in [3.05, 3.63) is 21.3 Å². The lowest BCUT2D eigenvalue weighted by Gasteiger charge is -1.99. The number of hydrogen-bond donors (Lipinski definition) is 0. The van der Waals surface area contributed by atoms with E-state index in [0.717, 1.165) is 23.5 Å². The Labute approximate surface area is 81.4 Å². The van der Waals surface area contributed by atoms with Crippen LogP contribution in [0.3, 0.4) is 0 Å². The lowest BCUT2D eigenvalue weighted by molar-refractivity contribution is -0.110. The maximum absolute atomic E-state index is 10.3. The third kappa shape index (κ3) is 2.95. The van der Waals surface area contributed by atoms with Gasteiger partial charge in [0.05, 0.1) is 4.34 Å². The number of halogens is 1. The lowest BCUT2D eigenvalue weighted by Crippen LogP contribution is -1.96. The summed E-state index contributed by atoms with van der Waals surface area (Å²) >= 11 is 7.35. The van der Waals surface area contributed by atoms with Crippen molar-refractivity contribution < 1.29 is 4.79 Å². The fourth-order valence-electron chi connectivity index (χ4n) is 0.924. The van der Waals surface area contributed by atoms with Crippen molar-refractivity contribution in [3.63, 3.8) is 0 Å². The molecule has 0 saturated heterocycles. The van der Waals surface area contributed by atoms with Crippen LogP contribution in [0.15, 0.2) is 12.1 Å². The monoisotopic (exact) mass is 202 g/mol. The van der Waals surface area contributed by atoms with E-state index in [9.17, 15) is 4.79 Å². The Balaban J connectivity index is 2.37. The van der Waals surface area contributed by atoms with Gasteiger partial charge in [-0.2, -0.15) is 0 Å². The van der Waals surface area contributed by atoms with E-state index in [2.05, 4.69) is 0 Å². The third-order valence-corrected chi connectivity index (χ3v) is 3.00. The summed E-state index contributed by atoms with van der Waals surface area (Å²) in [5.74, 6) is 0.158. The molecule has 3 heteroatoms. The van der Waals surface area contributed by atoms with Crippen LogP contribution in [0, 0.1) is 5.92 Å². The molecule has 0 aliphatic rings. The molecule has 0 aromatic carbocycles. The molecule has 0 radical (unpaired) electrons. The zero-order valence-corrected chi connectivity index (χ0v) is 8.49. The highest BCUT2D eigenvalue weighted by Gasteiger charge is 2.02. The molecule has 1 aromatic rings. The summed E-state index contributed by atoms with van der Waals surface area (Å²) in [5.41, 5.74) is 0. The van der Waals surface area contributed by atoms with Gasteiger partial charge in [0.15, 0.2) is 0 Å². The topological polar surface area (TPSA) is 17.1 Å². The van der Waals surface area contributed by atoms with Gasteiger partial charge in [0.1, 0.15) is 6.29 Å². The molecule has 0 spiro atoms. The van der Waals surface area contributed by atoms with Crippen LogP contribution in [-0.4, -0.2) is 6.29 Å². The molecule has 0 aliphatic heterocycles. The molecule has 12 heavy (non-hydrogen) atoms. The molecular formula is C9H11ClOS. The van der Waals surface area contributed by atoms with E-state index in [1.165, 1.54) is 4.88 Å². The van der Waals surface area contributed by atoms with Crippen molar-refractivity contribution in [1.82, 2.24) is 0 Å². The second-order valence-electron chi connectivity index (χ2n) is 2.86. The maximum atomic E-state index is 10.3. The van der Waals surface area contributed by atoms with Crippen molar-refractivity contribution >= 4 is 29.2 Å².